The van der Waals surface area contributed by atoms with Crippen LogP contribution >= 0.6 is 0 Å². The lowest BCUT2D eigenvalue weighted by Crippen LogP contribution is -2.43. The van der Waals surface area contributed by atoms with Crippen molar-refractivity contribution in [1.82, 2.24) is 24.9 Å². The standard InChI is InChI=1S/C28H27N5O3/c1-28(24-13-12-22-10-6-7-11-23(22)14-24)26(35)33(27(36)30-28)19-25(34)31(2)16-21-15-29-32(18-21)17-20-8-4-3-5-9-20/h3-15,18H,16-17,19H2,1-2H3,(H,30,36)/t28-/m0/s1. The normalized spacial score (nSPS) is 17.4. The Kier molecular flexibility index (Phi) is 6.01. The molecule has 182 valence electrons. The van der Waals surface area contributed by atoms with Gasteiger partial charge in [-0.05, 0) is 34.9 Å². The molecule has 0 unspecified atom stereocenters. The summed E-state index contributed by atoms with van der Waals surface area (Å²) in [6, 6.07) is 22.9. The summed E-state index contributed by atoms with van der Waals surface area (Å²) in [5.74, 6) is -0.780. The van der Waals surface area contributed by atoms with E-state index >= 15 is 0 Å². The molecule has 1 aliphatic rings. The van der Waals surface area contributed by atoms with Crippen molar-refractivity contribution in [2.75, 3.05) is 13.6 Å². The van der Waals surface area contributed by atoms with E-state index in [-0.39, 0.29) is 12.5 Å². The Balaban J connectivity index is 1.24. The zero-order valence-corrected chi connectivity index (χ0v) is 20.2. The number of nitrogens with one attached hydrogen (secondary N) is 1. The number of benzene rings is 3. The second-order valence-electron chi connectivity index (χ2n) is 9.29. The molecule has 8 heteroatoms. The molecule has 5 rings (SSSR count). The van der Waals surface area contributed by atoms with E-state index in [1.165, 1.54) is 4.90 Å². The third-order valence-electron chi connectivity index (χ3n) is 6.61. The highest BCUT2D eigenvalue weighted by Gasteiger charge is 2.49. The van der Waals surface area contributed by atoms with Crippen LogP contribution in [0.15, 0.2) is 85.2 Å². The van der Waals surface area contributed by atoms with Gasteiger partial charge in [-0.2, -0.15) is 5.10 Å². The number of carbonyl (C=O) groups excluding carboxylic acids is 3. The monoisotopic (exact) mass is 481 g/mol. The SMILES string of the molecule is CN(Cc1cnn(Cc2ccccc2)c1)C(=O)CN1C(=O)N[C@@](C)(c2ccc3ccccc3c2)C1=O. The molecule has 4 amide bonds. The Morgan fingerprint density at radius 1 is 0.972 bits per heavy atom. The molecule has 8 nitrogen and oxygen atoms in total. The molecule has 1 N–H and O–H groups in total. The van der Waals surface area contributed by atoms with E-state index in [2.05, 4.69) is 10.4 Å². The van der Waals surface area contributed by atoms with Gasteiger partial charge in [0.2, 0.25) is 5.91 Å². The molecule has 4 aromatic rings. The zero-order chi connectivity index (χ0) is 25.3. The largest absolute Gasteiger partial charge is 0.340 e. The summed E-state index contributed by atoms with van der Waals surface area (Å²) < 4.78 is 1.81. The highest BCUT2D eigenvalue weighted by atomic mass is 16.2. The molecule has 1 fully saturated rings. The van der Waals surface area contributed by atoms with Crippen LogP contribution in [0, 0.1) is 0 Å². The third-order valence-corrected chi connectivity index (χ3v) is 6.61. The molecular weight excluding hydrogens is 454 g/mol. The summed E-state index contributed by atoms with van der Waals surface area (Å²) in [5, 5.41) is 9.18. The van der Waals surface area contributed by atoms with E-state index in [0.717, 1.165) is 26.8 Å². The molecular formula is C28H27N5O3. The van der Waals surface area contributed by atoms with Crippen LogP contribution < -0.4 is 5.32 Å². The number of rotatable bonds is 7. The number of amides is 4. The first-order valence-corrected chi connectivity index (χ1v) is 11.8. The molecule has 0 spiro atoms. The highest BCUT2D eigenvalue weighted by molar-refractivity contribution is 6.09. The summed E-state index contributed by atoms with van der Waals surface area (Å²) in [5.41, 5.74) is 1.43. The Morgan fingerprint density at radius 2 is 1.69 bits per heavy atom. The number of fused-ring (bicyclic) bond motifs is 1. The summed E-state index contributed by atoms with van der Waals surface area (Å²) in [6.45, 7) is 2.29. The van der Waals surface area contributed by atoms with Crippen molar-refractivity contribution in [1.29, 1.82) is 0 Å². The van der Waals surface area contributed by atoms with Crippen LogP contribution in [-0.4, -0.2) is 51.0 Å². The summed E-state index contributed by atoms with van der Waals surface area (Å²) in [4.78, 5) is 41.5. The number of hydrogen-bond acceptors (Lipinski definition) is 4. The van der Waals surface area contributed by atoms with E-state index in [1.807, 2.05) is 83.7 Å². The van der Waals surface area contributed by atoms with E-state index in [9.17, 15) is 14.4 Å². The van der Waals surface area contributed by atoms with Crippen LogP contribution in [0.5, 0.6) is 0 Å². The van der Waals surface area contributed by atoms with Gasteiger partial charge in [-0.3, -0.25) is 19.2 Å². The van der Waals surface area contributed by atoms with Gasteiger partial charge in [0.15, 0.2) is 0 Å². The first-order chi connectivity index (χ1) is 17.3. The Hall–Kier alpha value is -4.46. The van der Waals surface area contributed by atoms with Gasteiger partial charge in [0, 0.05) is 25.4 Å². The van der Waals surface area contributed by atoms with Gasteiger partial charge in [-0.15, -0.1) is 0 Å². The van der Waals surface area contributed by atoms with Gasteiger partial charge in [0.1, 0.15) is 12.1 Å². The summed E-state index contributed by atoms with van der Waals surface area (Å²) in [6.07, 6.45) is 3.61. The van der Waals surface area contributed by atoms with E-state index < -0.39 is 17.5 Å². The fourth-order valence-electron chi connectivity index (χ4n) is 4.50. The number of aromatic nitrogens is 2. The second-order valence-corrected chi connectivity index (χ2v) is 9.29. The Labute approximate surface area is 209 Å². The van der Waals surface area contributed by atoms with Crippen molar-refractivity contribution in [3.05, 3.63) is 102 Å². The molecule has 0 saturated carbocycles. The van der Waals surface area contributed by atoms with E-state index in [1.54, 1.807) is 20.2 Å². The van der Waals surface area contributed by atoms with Crippen molar-refractivity contribution in [2.24, 2.45) is 0 Å². The molecule has 0 radical (unpaired) electrons. The van der Waals surface area contributed by atoms with Crippen molar-refractivity contribution < 1.29 is 14.4 Å². The average molecular weight is 482 g/mol. The van der Waals surface area contributed by atoms with E-state index in [0.29, 0.717) is 18.7 Å². The molecule has 36 heavy (non-hydrogen) atoms. The maximum atomic E-state index is 13.3. The number of likely N-dealkylation sites (N-methyl/N-ethyl adjacent to an activating group) is 1. The van der Waals surface area contributed by atoms with Gasteiger partial charge >= 0.3 is 6.03 Å². The molecule has 1 atom stereocenters. The zero-order valence-electron chi connectivity index (χ0n) is 20.2. The molecule has 0 bridgehead atoms. The topological polar surface area (TPSA) is 87.5 Å². The number of carbonyl (C=O) groups is 3. The fourth-order valence-corrected chi connectivity index (χ4v) is 4.50. The Morgan fingerprint density at radius 3 is 2.47 bits per heavy atom. The van der Waals surface area contributed by atoms with Crippen LogP contribution in [-0.2, 0) is 28.2 Å². The minimum atomic E-state index is -1.24. The number of hydrogen-bond donors (Lipinski definition) is 1. The van der Waals surface area contributed by atoms with Gasteiger partial charge in [0.05, 0.1) is 12.7 Å². The van der Waals surface area contributed by atoms with Crippen molar-refractivity contribution in [3.8, 4) is 0 Å². The summed E-state index contributed by atoms with van der Waals surface area (Å²) >= 11 is 0. The molecule has 1 aromatic heterocycles. The van der Waals surface area contributed by atoms with Crippen molar-refractivity contribution >= 4 is 28.6 Å². The first-order valence-electron chi connectivity index (χ1n) is 11.8. The minimum Gasteiger partial charge on any atom is -0.340 e. The van der Waals surface area contributed by atoms with Crippen LogP contribution in [0.2, 0.25) is 0 Å². The molecule has 0 aliphatic carbocycles. The van der Waals surface area contributed by atoms with E-state index in [4.69, 9.17) is 0 Å². The average Bonchev–Trinajstić information content (AvgIpc) is 3.41. The van der Waals surface area contributed by atoms with Gasteiger partial charge in [-0.25, -0.2) is 4.79 Å². The smallest absolute Gasteiger partial charge is 0.325 e. The van der Waals surface area contributed by atoms with Crippen LogP contribution in [0.4, 0.5) is 4.79 Å². The molecule has 1 aliphatic heterocycles. The summed E-state index contributed by atoms with van der Waals surface area (Å²) in [7, 11) is 1.65. The lowest BCUT2D eigenvalue weighted by Gasteiger charge is -2.23. The maximum Gasteiger partial charge on any atom is 0.325 e. The van der Waals surface area contributed by atoms with Crippen LogP contribution in [0.1, 0.15) is 23.6 Å². The van der Waals surface area contributed by atoms with Crippen LogP contribution in [0.3, 0.4) is 0 Å². The minimum absolute atomic E-state index is 0.319. The van der Waals surface area contributed by atoms with Crippen molar-refractivity contribution in [3.63, 3.8) is 0 Å². The predicted octanol–water partition coefficient (Wildman–Crippen LogP) is 3.51. The number of nitrogens with zero attached hydrogens (tertiary/aromatic N) is 4. The highest BCUT2D eigenvalue weighted by Crippen LogP contribution is 2.31. The lowest BCUT2D eigenvalue weighted by molar-refractivity contribution is -0.138. The predicted molar refractivity (Wildman–Crippen MR) is 136 cm³/mol. The molecule has 1 saturated heterocycles. The van der Waals surface area contributed by atoms with Gasteiger partial charge < -0.3 is 10.2 Å². The quantitative estimate of drug-likeness (QED) is 0.409. The first kappa shape index (κ1) is 23.3. The van der Waals surface area contributed by atoms with Crippen LogP contribution in [0.25, 0.3) is 10.8 Å². The third kappa shape index (κ3) is 4.45. The van der Waals surface area contributed by atoms with Gasteiger partial charge in [0.25, 0.3) is 5.91 Å². The fraction of sp³-hybridized carbons (Fsp3) is 0.214. The Bertz CT molecular complexity index is 1450. The second kappa shape index (κ2) is 9.30. The number of urea groups is 1. The molecule has 3 aromatic carbocycles. The lowest BCUT2D eigenvalue weighted by atomic mass is 9.90. The maximum absolute atomic E-state index is 13.3. The molecule has 2 heterocycles. The number of imide groups is 1. The van der Waals surface area contributed by atoms with Gasteiger partial charge in [-0.1, -0.05) is 66.7 Å². The van der Waals surface area contributed by atoms with Crippen molar-refractivity contribution in [2.45, 2.75) is 25.6 Å².